The zero-order valence-corrected chi connectivity index (χ0v) is 18.5. The number of fused-ring (bicyclic) bond motifs is 1. The lowest BCUT2D eigenvalue weighted by molar-refractivity contribution is 0.248. The van der Waals surface area contributed by atoms with Crippen LogP contribution in [-0.2, 0) is 13.0 Å². The summed E-state index contributed by atoms with van der Waals surface area (Å²) < 4.78 is 7.42. The van der Waals surface area contributed by atoms with E-state index in [1.165, 1.54) is 21.0 Å². The zero-order valence-electron chi connectivity index (χ0n) is 17.6. The lowest BCUT2D eigenvalue weighted by atomic mass is 9.96. The third-order valence-corrected chi connectivity index (χ3v) is 6.74. The third kappa shape index (κ3) is 4.22. The number of carbonyl (C=O) groups excluding carboxylic acids is 1. The van der Waals surface area contributed by atoms with Crippen LogP contribution in [-0.4, -0.2) is 36.2 Å². The number of urea groups is 1. The zero-order chi connectivity index (χ0) is 21.1. The Kier molecular flexibility index (Phi) is 6.11. The van der Waals surface area contributed by atoms with Crippen LogP contribution < -0.4 is 15.4 Å². The normalized spacial score (nSPS) is 14.8. The largest absolute Gasteiger partial charge is 0.497 e. The van der Waals surface area contributed by atoms with E-state index in [9.17, 15) is 4.79 Å². The first-order chi connectivity index (χ1) is 14.6. The van der Waals surface area contributed by atoms with Gasteiger partial charge in [0.05, 0.1) is 13.2 Å². The number of benzene rings is 1. The van der Waals surface area contributed by atoms with E-state index in [1.807, 2.05) is 47.7 Å². The van der Waals surface area contributed by atoms with Crippen LogP contribution in [0.1, 0.15) is 35.4 Å². The molecular formula is C23H28N4O2S. The van der Waals surface area contributed by atoms with Crippen LogP contribution in [0.5, 0.6) is 5.75 Å². The highest BCUT2D eigenvalue weighted by molar-refractivity contribution is 7.15. The fourth-order valence-electron chi connectivity index (χ4n) is 3.97. The van der Waals surface area contributed by atoms with Crippen molar-refractivity contribution in [1.82, 2.24) is 14.8 Å². The number of ether oxygens (including phenoxy) is 1. The number of carbonyl (C=O) groups is 1. The van der Waals surface area contributed by atoms with Gasteiger partial charge in [0.1, 0.15) is 10.8 Å². The Balaban J connectivity index is 1.61. The second-order valence-electron chi connectivity index (χ2n) is 7.59. The number of anilines is 1. The van der Waals surface area contributed by atoms with Gasteiger partial charge in [0.2, 0.25) is 0 Å². The van der Waals surface area contributed by atoms with E-state index in [0.717, 1.165) is 25.9 Å². The number of hydrogen-bond acceptors (Lipinski definition) is 4. The minimum absolute atomic E-state index is 0.0589. The van der Waals surface area contributed by atoms with Crippen LogP contribution in [0.2, 0.25) is 0 Å². The highest BCUT2D eigenvalue weighted by atomic mass is 32.1. The maximum Gasteiger partial charge on any atom is 0.319 e. The van der Waals surface area contributed by atoms with Crippen LogP contribution >= 0.6 is 11.3 Å². The van der Waals surface area contributed by atoms with Gasteiger partial charge in [0.15, 0.2) is 0 Å². The molecule has 1 unspecified atom stereocenters. The van der Waals surface area contributed by atoms with Crippen LogP contribution in [0.4, 0.5) is 10.5 Å². The van der Waals surface area contributed by atoms with Gasteiger partial charge in [-0.2, -0.15) is 0 Å². The number of rotatable bonds is 6. The van der Waals surface area contributed by atoms with E-state index in [2.05, 4.69) is 46.5 Å². The molecule has 6 nitrogen and oxygen atoms in total. The van der Waals surface area contributed by atoms with Crippen molar-refractivity contribution in [3.05, 3.63) is 64.8 Å². The third-order valence-electron chi connectivity index (χ3n) is 5.50. The SMILES string of the molecule is CCC(NC(=O)Nc1cccc(OC)c1)c1c(-n2cccc2)sc2c1CCN(C)C2. The van der Waals surface area contributed by atoms with Gasteiger partial charge in [0.25, 0.3) is 0 Å². The molecule has 2 N–H and O–H groups in total. The van der Waals surface area contributed by atoms with E-state index in [-0.39, 0.29) is 12.1 Å². The molecule has 158 valence electrons. The summed E-state index contributed by atoms with van der Waals surface area (Å²) in [6, 6.07) is 11.2. The Morgan fingerprint density at radius 3 is 2.80 bits per heavy atom. The average Bonchev–Trinajstić information content (AvgIpc) is 3.39. The number of nitrogens with one attached hydrogen (secondary N) is 2. The van der Waals surface area contributed by atoms with Crippen molar-refractivity contribution >= 4 is 23.1 Å². The minimum Gasteiger partial charge on any atom is -0.497 e. The Hall–Kier alpha value is -2.77. The number of hydrogen-bond donors (Lipinski definition) is 2. The van der Waals surface area contributed by atoms with E-state index in [4.69, 9.17) is 4.74 Å². The molecule has 2 amide bonds. The Morgan fingerprint density at radius 1 is 1.27 bits per heavy atom. The van der Waals surface area contributed by atoms with Crippen molar-refractivity contribution in [2.75, 3.05) is 26.0 Å². The van der Waals surface area contributed by atoms with Crippen LogP contribution in [0, 0.1) is 0 Å². The summed E-state index contributed by atoms with van der Waals surface area (Å²) in [6.45, 7) is 4.12. The van der Waals surface area contributed by atoms with Crippen molar-refractivity contribution in [1.29, 1.82) is 0 Å². The molecule has 2 aromatic heterocycles. The number of likely N-dealkylation sites (N-methyl/N-ethyl adjacent to an activating group) is 1. The van der Waals surface area contributed by atoms with E-state index < -0.39 is 0 Å². The predicted molar refractivity (Wildman–Crippen MR) is 122 cm³/mol. The van der Waals surface area contributed by atoms with Gasteiger partial charge in [-0.1, -0.05) is 13.0 Å². The molecule has 0 saturated carbocycles. The number of aromatic nitrogens is 1. The fraction of sp³-hybridized carbons (Fsp3) is 0.348. The van der Waals surface area contributed by atoms with Gasteiger partial charge in [0, 0.05) is 47.7 Å². The summed E-state index contributed by atoms with van der Waals surface area (Å²) in [5.74, 6) is 0.714. The smallest absolute Gasteiger partial charge is 0.319 e. The first-order valence-corrected chi connectivity index (χ1v) is 11.1. The van der Waals surface area contributed by atoms with Crippen LogP contribution in [0.25, 0.3) is 5.00 Å². The van der Waals surface area contributed by atoms with Gasteiger partial charge in [-0.3, -0.25) is 0 Å². The monoisotopic (exact) mass is 424 g/mol. The lowest BCUT2D eigenvalue weighted by Gasteiger charge is -2.25. The molecule has 1 aliphatic heterocycles. The van der Waals surface area contributed by atoms with Gasteiger partial charge in [-0.15, -0.1) is 11.3 Å². The summed E-state index contributed by atoms with van der Waals surface area (Å²) >= 11 is 1.84. The molecule has 0 fully saturated rings. The Morgan fingerprint density at radius 2 is 2.07 bits per heavy atom. The summed E-state index contributed by atoms with van der Waals surface area (Å²) in [4.78, 5) is 16.6. The van der Waals surface area contributed by atoms with E-state index >= 15 is 0 Å². The summed E-state index contributed by atoms with van der Waals surface area (Å²) in [5, 5.41) is 7.35. The number of methoxy groups -OCH3 is 1. The molecule has 1 aromatic carbocycles. The highest BCUT2D eigenvalue weighted by Crippen LogP contribution is 2.40. The van der Waals surface area contributed by atoms with E-state index in [1.54, 1.807) is 7.11 Å². The fourth-order valence-corrected chi connectivity index (χ4v) is 5.42. The molecule has 7 heteroatoms. The summed E-state index contributed by atoms with van der Waals surface area (Å²) in [5.41, 5.74) is 3.36. The van der Waals surface area contributed by atoms with Gasteiger partial charge >= 0.3 is 6.03 Å². The van der Waals surface area contributed by atoms with Gasteiger partial charge < -0.3 is 24.8 Å². The number of amides is 2. The maximum absolute atomic E-state index is 12.8. The van der Waals surface area contributed by atoms with Gasteiger partial charge in [-0.05, 0) is 49.7 Å². The molecule has 0 bridgehead atoms. The Labute approximate surface area is 181 Å². The maximum atomic E-state index is 12.8. The topological polar surface area (TPSA) is 58.5 Å². The van der Waals surface area contributed by atoms with Crippen molar-refractivity contribution < 1.29 is 9.53 Å². The highest BCUT2D eigenvalue weighted by Gasteiger charge is 2.28. The first-order valence-electron chi connectivity index (χ1n) is 10.3. The lowest BCUT2D eigenvalue weighted by Crippen LogP contribution is -2.34. The van der Waals surface area contributed by atoms with Crippen molar-refractivity contribution in [2.45, 2.75) is 32.4 Å². The quantitative estimate of drug-likeness (QED) is 0.597. The molecule has 0 saturated heterocycles. The van der Waals surface area contributed by atoms with Gasteiger partial charge in [-0.25, -0.2) is 4.79 Å². The second-order valence-corrected chi connectivity index (χ2v) is 8.68. The average molecular weight is 425 g/mol. The molecule has 0 radical (unpaired) electrons. The molecule has 3 aromatic rings. The molecule has 0 spiro atoms. The number of nitrogens with zero attached hydrogens (tertiary/aromatic N) is 2. The molecule has 0 aliphatic carbocycles. The molecule has 3 heterocycles. The molecule has 1 aliphatic rings. The van der Waals surface area contributed by atoms with Crippen LogP contribution in [0.15, 0.2) is 48.8 Å². The predicted octanol–water partition coefficient (Wildman–Crippen LogP) is 4.81. The minimum atomic E-state index is -0.207. The summed E-state index contributed by atoms with van der Waals surface area (Å²) in [7, 11) is 3.78. The summed E-state index contributed by atoms with van der Waals surface area (Å²) in [6.07, 6.45) is 5.98. The molecule has 1 atom stereocenters. The molecule has 30 heavy (non-hydrogen) atoms. The Bertz CT molecular complexity index is 1010. The van der Waals surface area contributed by atoms with Crippen molar-refractivity contribution in [3.8, 4) is 10.8 Å². The molecular weight excluding hydrogens is 396 g/mol. The van der Waals surface area contributed by atoms with E-state index in [0.29, 0.717) is 11.4 Å². The number of thiophene rings is 1. The standard InChI is InChI=1S/C23H28N4O2S/c1-4-19(25-23(28)24-16-8-7-9-17(14-16)29-3)21-18-10-13-26(2)15-20(18)30-22(21)27-11-5-6-12-27/h5-9,11-12,14,19H,4,10,13,15H2,1-3H3,(H2,24,25,28). The van der Waals surface area contributed by atoms with Crippen LogP contribution in [0.3, 0.4) is 0 Å². The first kappa shape index (κ1) is 20.5. The second kappa shape index (κ2) is 8.93. The van der Waals surface area contributed by atoms with Crippen molar-refractivity contribution in [3.63, 3.8) is 0 Å². The van der Waals surface area contributed by atoms with Crippen molar-refractivity contribution in [2.24, 2.45) is 0 Å². The molecule has 4 rings (SSSR count).